The van der Waals surface area contributed by atoms with Crippen molar-refractivity contribution in [2.75, 3.05) is 7.11 Å². The monoisotopic (exact) mass is 362 g/mol. The average Bonchev–Trinajstić information content (AvgIpc) is 2.46. The predicted octanol–water partition coefficient (Wildman–Crippen LogP) is 3.52. The molecule has 0 radical (unpaired) electrons. The summed E-state index contributed by atoms with van der Waals surface area (Å²) in [7, 11) is 1.52. The zero-order valence-electron chi connectivity index (χ0n) is 11.1. The smallest absolute Gasteiger partial charge is 0.122 e. The van der Waals surface area contributed by atoms with Crippen LogP contribution < -0.4 is 4.74 Å². The summed E-state index contributed by atoms with van der Waals surface area (Å²) in [5.41, 5.74) is 0.666. The number of nitrogens with one attached hydrogen (secondary N) is 2. The van der Waals surface area contributed by atoms with Gasteiger partial charge in [0.25, 0.3) is 0 Å². The van der Waals surface area contributed by atoms with Crippen LogP contribution in [0.5, 0.6) is 5.75 Å². The van der Waals surface area contributed by atoms with Crippen LogP contribution in [0.25, 0.3) is 0 Å². The van der Waals surface area contributed by atoms with Gasteiger partial charge >= 0.3 is 0 Å². The van der Waals surface area contributed by atoms with Gasteiger partial charge in [-0.05, 0) is 18.2 Å². The predicted molar refractivity (Wildman–Crippen MR) is 84.7 cm³/mol. The van der Waals surface area contributed by atoms with Crippen LogP contribution in [-0.2, 0) is 0 Å². The number of methoxy groups -OCH3 is 1. The summed E-state index contributed by atoms with van der Waals surface area (Å²) in [6.45, 7) is 0. The van der Waals surface area contributed by atoms with Gasteiger partial charge in [-0.2, -0.15) is 10.5 Å². The second kappa shape index (κ2) is 6.30. The van der Waals surface area contributed by atoms with Gasteiger partial charge in [-0.1, -0.05) is 27.7 Å². The first-order valence-corrected chi connectivity index (χ1v) is 7.61. The minimum Gasteiger partial charge on any atom is -0.496 e. The quantitative estimate of drug-likeness (QED) is 0.839. The van der Waals surface area contributed by atoms with E-state index in [4.69, 9.17) is 15.6 Å². The van der Waals surface area contributed by atoms with E-state index >= 15 is 0 Å². The van der Waals surface area contributed by atoms with Crippen molar-refractivity contribution in [1.82, 2.24) is 0 Å². The molecule has 0 aliphatic carbocycles. The summed E-state index contributed by atoms with van der Waals surface area (Å²) >= 11 is 4.26. The summed E-state index contributed by atoms with van der Waals surface area (Å²) in [6, 6.07) is 9.53. The normalized spacial score (nSPS) is 25.0. The Labute approximate surface area is 135 Å². The minimum atomic E-state index is -0.753. The highest BCUT2D eigenvalue weighted by molar-refractivity contribution is 9.10. The van der Waals surface area contributed by atoms with Crippen LogP contribution in [0.3, 0.4) is 0 Å². The SMILES string of the molecule is COc1ccc(Br)cc1C1C(C#N)C(=N)SC(=N)C1C#N. The van der Waals surface area contributed by atoms with E-state index in [0.717, 1.165) is 16.2 Å². The molecule has 5 nitrogen and oxygen atoms in total. The molecule has 0 spiro atoms. The largest absolute Gasteiger partial charge is 0.496 e. The number of ether oxygens (including phenoxy) is 1. The van der Waals surface area contributed by atoms with E-state index in [1.807, 2.05) is 0 Å². The third kappa shape index (κ3) is 2.80. The van der Waals surface area contributed by atoms with Gasteiger partial charge < -0.3 is 4.74 Å². The molecule has 21 heavy (non-hydrogen) atoms. The van der Waals surface area contributed by atoms with Crippen molar-refractivity contribution in [2.45, 2.75) is 5.92 Å². The third-order valence-electron chi connectivity index (χ3n) is 3.33. The highest BCUT2D eigenvalue weighted by atomic mass is 79.9. The first-order chi connectivity index (χ1) is 10.0. The Balaban J connectivity index is 2.63. The lowest BCUT2D eigenvalue weighted by Crippen LogP contribution is -2.34. The standard InChI is InChI=1S/C14H11BrN4OS/c1-20-11-3-2-7(15)4-8(11)12-9(5-16)13(18)21-14(19)10(12)6-17/h2-4,9-10,12,18-19H,1H3. The number of benzene rings is 1. The molecule has 0 bridgehead atoms. The van der Waals surface area contributed by atoms with E-state index < -0.39 is 17.8 Å². The second-order valence-electron chi connectivity index (χ2n) is 4.46. The van der Waals surface area contributed by atoms with Crippen molar-refractivity contribution in [3.8, 4) is 17.9 Å². The number of thioether (sulfide) groups is 1. The Morgan fingerprint density at radius 2 is 1.76 bits per heavy atom. The van der Waals surface area contributed by atoms with Crippen LogP contribution in [0.2, 0.25) is 0 Å². The van der Waals surface area contributed by atoms with Crippen LogP contribution in [0.15, 0.2) is 22.7 Å². The molecule has 1 aliphatic heterocycles. The summed E-state index contributed by atoms with van der Waals surface area (Å²) in [6.07, 6.45) is 0. The Bertz CT molecular complexity index is 659. The van der Waals surface area contributed by atoms with Gasteiger partial charge in [0.05, 0.1) is 29.3 Å². The van der Waals surface area contributed by atoms with E-state index in [-0.39, 0.29) is 10.1 Å². The molecule has 7 heteroatoms. The van der Waals surface area contributed by atoms with Gasteiger partial charge in [-0.3, -0.25) is 10.8 Å². The molecule has 2 N–H and O–H groups in total. The van der Waals surface area contributed by atoms with Gasteiger partial charge in [0.15, 0.2) is 0 Å². The lowest BCUT2D eigenvalue weighted by molar-refractivity contribution is 0.400. The Kier molecular flexibility index (Phi) is 4.66. The van der Waals surface area contributed by atoms with Gasteiger partial charge in [-0.15, -0.1) is 0 Å². The zero-order valence-corrected chi connectivity index (χ0v) is 13.5. The maximum absolute atomic E-state index is 9.39. The average molecular weight is 363 g/mol. The Hall–Kier alpha value is -1.83. The molecule has 106 valence electrons. The molecule has 1 heterocycles. The van der Waals surface area contributed by atoms with Crippen LogP contribution in [0.4, 0.5) is 0 Å². The van der Waals surface area contributed by atoms with E-state index in [9.17, 15) is 10.5 Å². The highest BCUT2D eigenvalue weighted by Gasteiger charge is 2.43. The maximum atomic E-state index is 9.39. The van der Waals surface area contributed by atoms with E-state index in [1.54, 1.807) is 18.2 Å². The number of nitrogens with zero attached hydrogens (tertiary/aromatic N) is 2. The van der Waals surface area contributed by atoms with Gasteiger partial charge in [0.2, 0.25) is 0 Å². The Morgan fingerprint density at radius 1 is 1.19 bits per heavy atom. The maximum Gasteiger partial charge on any atom is 0.122 e. The van der Waals surface area contributed by atoms with Gasteiger partial charge in [0.1, 0.15) is 17.6 Å². The number of nitriles is 2. The van der Waals surface area contributed by atoms with Crippen molar-refractivity contribution in [2.24, 2.45) is 11.8 Å². The summed E-state index contributed by atoms with van der Waals surface area (Å²) in [5, 5.41) is 34.9. The first-order valence-electron chi connectivity index (χ1n) is 6.00. The Morgan fingerprint density at radius 3 is 2.24 bits per heavy atom. The molecule has 0 aromatic heterocycles. The molecule has 1 saturated heterocycles. The molecule has 1 fully saturated rings. The van der Waals surface area contributed by atoms with Crippen molar-refractivity contribution in [3.63, 3.8) is 0 Å². The van der Waals surface area contributed by atoms with Crippen LogP contribution in [0.1, 0.15) is 11.5 Å². The minimum absolute atomic E-state index is 0.0982. The van der Waals surface area contributed by atoms with E-state index in [1.165, 1.54) is 7.11 Å². The third-order valence-corrected chi connectivity index (χ3v) is 4.77. The molecule has 0 saturated carbocycles. The number of halogens is 1. The van der Waals surface area contributed by atoms with Crippen LogP contribution in [0, 0.1) is 45.3 Å². The first kappa shape index (κ1) is 15.6. The van der Waals surface area contributed by atoms with Crippen molar-refractivity contribution >= 4 is 37.8 Å². The molecule has 1 aliphatic rings. The highest BCUT2D eigenvalue weighted by Crippen LogP contribution is 2.45. The second-order valence-corrected chi connectivity index (χ2v) is 6.46. The number of hydrogen-bond acceptors (Lipinski definition) is 6. The lowest BCUT2D eigenvalue weighted by atomic mass is 9.77. The molecule has 2 rings (SSSR count). The lowest BCUT2D eigenvalue weighted by Gasteiger charge is -2.32. The fraction of sp³-hybridized carbons (Fsp3) is 0.286. The molecule has 2 unspecified atom stereocenters. The fourth-order valence-corrected chi connectivity index (χ4v) is 3.63. The summed E-state index contributed by atoms with van der Waals surface area (Å²) in [5.74, 6) is -1.53. The molecule has 1 aromatic carbocycles. The van der Waals surface area contributed by atoms with Crippen molar-refractivity contribution in [1.29, 1.82) is 21.3 Å². The van der Waals surface area contributed by atoms with Crippen LogP contribution >= 0.6 is 27.7 Å². The van der Waals surface area contributed by atoms with Gasteiger partial charge in [-0.25, -0.2) is 0 Å². The molecular weight excluding hydrogens is 352 g/mol. The molecule has 0 amide bonds. The topological polar surface area (TPSA) is 105 Å². The summed E-state index contributed by atoms with van der Waals surface area (Å²) < 4.78 is 6.12. The van der Waals surface area contributed by atoms with Crippen molar-refractivity contribution < 1.29 is 4.74 Å². The van der Waals surface area contributed by atoms with Crippen molar-refractivity contribution in [3.05, 3.63) is 28.2 Å². The zero-order chi connectivity index (χ0) is 15.6. The van der Waals surface area contributed by atoms with E-state index in [0.29, 0.717) is 11.3 Å². The molecule has 2 atom stereocenters. The number of hydrogen-bond donors (Lipinski definition) is 2. The molecular formula is C14H11BrN4OS. The number of rotatable bonds is 2. The van der Waals surface area contributed by atoms with Gasteiger partial charge in [0, 0.05) is 16.0 Å². The van der Waals surface area contributed by atoms with Crippen LogP contribution in [-0.4, -0.2) is 17.2 Å². The van der Waals surface area contributed by atoms with E-state index in [2.05, 4.69) is 28.1 Å². The molecule has 1 aromatic rings. The summed E-state index contributed by atoms with van der Waals surface area (Å²) in [4.78, 5) is 0. The fourth-order valence-electron chi connectivity index (χ4n) is 2.37.